The highest BCUT2D eigenvalue weighted by atomic mass is 32.1. The first-order chi connectivity index (χ1) is 11.2. The molecule has 2 amide bonds. The van der Waals surface area contributed by atoms with Gasteiger partial charge in [0, 0.05) is 11.0 Å². The van der Waals surface area contributed by atoms with Crippen molar-refractivity contribution in [3.8, 4) is 0 Å². The maximum atomic E-state index is 12.1. The molecular formula is C17H15N2O3S. The second-order valence-electron chi connectivity index (χ2n) is 4.60. The van der Waals surface area contributed by atoms with Crippen molar-refractivity contribution in [1.29, 1.82) is 0 Å². The maximum Gasteiger partial charge on any atom is 0.265 e. The lowest BCUT2D eigenvalue weighted by Gasteiger charge is -2.18. The fraction of sp³-hybridized carbons (Fsp3) is 0.118. The van der Waals surface area contributed by atoms with Crippen LogP contribution in [0.1, 0.15) is 10.4 Å². The zero-order valence-electron chi connectivity index (χ0n) is 12.3. The van der Waals surface area contributed by atoms with E-state index in [4.69, 9.17) is 0 Å². The van der Waals surface area contributed by atoms with E-state index in [9.17, 15) is 14.4 Å². The molecule has 1 aromatic carbocycles. The molecule has 0 atom stereocenters. The lowest BCUT2D eigenvalue weighted by molar-refractivity contribution is -0.136. The summed E-state index contributed by atoms with van der Waals surface area (Å²) < 4.78 is 0. The normalized spacial score (nSPS) is 10.4. The van der Waals surface area contributed by atoms with Crippen LogP contribution in [0.25, 0.3) is 6.08 Å². The Balaban J connectivity index is 1.96. The Kier molecular flexibility index (Phi) is 6.26. The third kappa shape index (κ3) is 5.52. The number of carbonyl (C=O) groups excluding carboxylic acids is 3. The van der Waals surface area contributed by atoms with E-state index in [1.54, 1.807) is 12.4 Å². The van der Waals surface area contributed by atoms with Gasteiger partial charge in [-0.15, -0.1) is 11.3 Å². The summed E-state index contributed by atoms with van der Waals surface area (Å²) in [5.41, 5.74) is 3.28. The second-order valence-corrected chi connectivity index (χ2v) is 5.64. The van der Waals surface area contributed by atoms with Gasteiger partial charge in [0.05, 0.1) is 6.42 Å². The van der Waals surface area contributed by atoms with Gasteiger partial charge in [0.25, 0.3) is 5.91 Å². The number of thiophene rings is 1. The number of nitrogens with zero attached hydrogens (tertiary/aromatic N) is 1. The van der Waals surface area contributed by atoms with Crippen LogP contribution in [-0.2, 0) is 20.8 Å². The smallest absolute Gasteiger partial charge is 0.265 e. The van der Waals surface area contributed by atoms with E-state index in [0.29, 0.717) is 0 Å². The molecule has 2 aromatic rings. The van der Waals surface area contributed by atoms with E-state index in [0.717, 1.165) is 15.4 Å². The van der Waals surface area contributed by atoms with Crippen LogP contribution in [0, 0.1) is 0 Å². The molecule has 23 heavy (non-hydrogen) atoms. The molecule has 0 aliphatic heterocycles. The lowest BCUT2D eigenvalue weighted by atomic mass is 10.2. The molecule has 0 fully saturated rings. The van der Waals surface area contributed by atoms with Crippen LogP contribution in [0.2, 0.25) is 0 Å². The Morgan fingerprint density at radius 3 is 2.61 bits per heavy atom. The molecular weight excluding hydrogens is 312 g/mol. The quantitative estimate of drug-likeness (QED) is 0.652. The first-order valence-corrected chi connectivity index (χ1v) is 7.78. The molecule has 0 saturated heterocycles. The number of hydrogen-bond acceptors (Lipinski definition) is 4. The highest BCUT2D eigenvalue weighted by Crippen LogP contribution is 2.09. The van der Waals surface area contributed by atoms with Crippen molar-refractivity contribution in [2.24, 2.45) is 0 Å². The first kappa shape index (κ1) is 16.6. The molecule has 0 aliphatic rings. The standard InChI is InChI=1S/C17H15N2O3S/c20-11-10-19(18-16(21)13-15-7-4-12-23-15)17(22)9-8-14-5-2-1-3-6-14/h1-9,12H,10,13H2,(H,18,21). The summed E-state index contributed by atoms with van der Waals surface area (Å²) >= 11 is 1.45. The summed E-state index contributed by atoms with van der Waals surface area (Å²) in [6.45, 7) is -0.325. The van der Waals surface area contributed by atoms with Gasteiger partial charge < -0.3 is 0 Å². The molecule has 1 heterocycles. The van der Waals surface area contributed by atoms with Crippen molar-refractivity contribution >= 4 is 35.5 Å². The topological polar surface area (TPSA) is 66.5 Å². The molecule has 0 unspecified atom stereocenters. The van der Waals surface area contributed by atoms with Gasteiger partial charge in [-0.3, -0.25) is 19.8 Å². The molecule has 0 spiro atoms. The number of rotatable bonds is 6. The highest BCUT2D eigenvalue weighted by Gasteiger charge is 2.14. The van der Waals surface area contributed by atoms with Crippen molar-refractivity contribution in [1.82, 2.24) is 10.4 Å². The second kappa shape index (κ2) is 8.65. The summed E-state index contributed by atoms with van der Waals surface area (Å²) in [4.78, 5) is 35.5. The van der Waals surface area contributed by atoms with Crippen molar-refractivity contribution in [2.75, 3.05) is 6.54 Å². The van der Waals surface area contributed by atoms with Gasteiger partial charge in [0.1, 0.15) is 6.54 Å². The van der Waals surface area contributed by atoms with Crippen LogP contribution in [0.5, 0.6) is 0 Å². The van der Waals surface area contributed by atoms with Gasteiger partial charge >= 0.3 is 0 Å². The Hall–Kier alpha value is -2.73. The van der Waals surface area contributed by atoms with Crippen molar-refractivity contribution in [3.05, 3.63) is 64.4 Å². The number of benzene rings is 1. The molecule has 0 bridgehead atoms. The van der Waals surface area contributed by atoms with Crippen LogP contribution in [0.3, 0.4) is 0 Å². The SMILES string of the molecule is O=[C]CN(NC(=O)Cc1cccs1)C(=O)C=Cc1ccccc1. The van der Waals surface area contributed by atoms with E-state index in [1.165, 1.54) is 17.4 Å². The fourth-order valence-electron chi connectivity index (χ4n) is 1.82. The van der Waals surface area contributed by atoms with Crippen LogP contribution in [-0.4, -0.2) is 29.7 Å². The zero-order valence-corrected chi connectivity index (χ0v) is 13.1. The van der Waals surface area contributed by atoms with Crippen molar-refractivity contribution in [2.45, 2.75) is 6.42 Å². The number of amides is 2. The van der Waals surface area contributed by atoms with E-state index < -0.39 is 5.91 Å². The van der Waals surface area contributed by atoms with Gasteiger partial charge in [-0.25, -0.2) is 5.01 Å². The molecule has 117 valence electrons. The van der Waals surface area contributed by atoms with Crippen LogP contribution in [0.4, 0.5) is 0 Å². The summed E-state index contributed by atoms with van der Waals surface area (Å²) in [7, 11) is 0. The van der Waals surface area contributed by atoms with Gasteiger partial charge in [0.15, 0.2) is 0 Å². The van der Waals surface area contributed by atoms with Crippen LogP contribution < -0.4 is 5.43 Å². The van der Waals surface area contributed by atoms with Crippen molar-refractivity contribution < 1.29 is 14.4 Å². The minimum Gasteiger partial charge on any atom is -0.289 e. The molecule has 1 aromatic heterocycles. The number of hydrazine groups is 1. The maximum absolute atomic E-state index is 12.1. The molecule has 6 heteroatoms. The van der Waals surface area contributed by atoms with E-state index in [2.05, 4.69) is 5.43 Å². The van der Waals surface area contributed by atoms with E-state index in [-0.39, 0.29) is 18.9 Å². The summed E-state index contributed by atoms with van der Waals surface area (Å²) in [5.74, 6) is -0.846. The van der Waals surface area contributed by atoms with Crippen LogP contribution >= 0.6 is 11.3 Å². The highest BCUT2D eigenvalue weighted by molar-refractivity contribution is 7.10. The monoisotopic (exact) mass is 327 g/mol. The van der Waals surface area contributed by atoms with Gasteiger partial charge in [-0.05, 0) is 23.1 Å². The average molecular weight is 327 g/mol. The van der Waals surface area contributed by atoms with E-state index >= 15 is 0 Å². The zero-order chi connectivity index (χ0) is 16.5. The van der Waals surface area contributed by atoms with Gasteiger partial charge in [0.2, 0.25) is 12.2 Å². The fourth-order valence-corrected chi connectivity index (χ4v) is 2.52. The number of nitrogens with one attached hydrogen (secondary N) is 1. The number of carbonyl (C=O) groups is 2. The number of hydrogen-bond donors (Lipinski definition) is 1. The Morgan fingerprint density at radius 2 is 1.96 bits per heavy atom. The van der Waals surface area contributed by atoms with Crippen LogP contribution in [0.15, 0.2) is 53.9 Å². The average Bonchev–Trinajstić information content (AvgIpc) is 3.06. The van der Waals surface area contributed by atoms with Gasteiger partial charge in [-0.2, -0.15) is 0 Å². The third-order valence-electron chi connectivity index (χ3n) is 2.88. The van der Waals surface area contributed by atoms with E-state index in [1.807, 2.05) is 47.8 Å². The molecule has 0 aliphatic carbocycles. The Bertz CT molecular complexity index is 681. The lowest BCUT2D eigenvalue weighted by Crippen LogP contribution is -2.46. The van der Waals surface area contributed by atoms with Gasteiger partial charge in [-0.1, -0.05) is 36.4 Å². The summed E-state index contributed by atoms with van der Waals surface area (Å²) in [6.07, 6.45) is 4.70. The minimum absolute atomic E-state index is 0.155. The molecule has 0 saturated carbocycles. The molecule has 1 radical (unpaired) electrons. The molecule has 1 N–H and O–H groups in total. The first-order valence-electron chi connectivity index (χ1n) is 6.90. The predicted octanol–water partition coefficient (Wildman–Crippen LogP) is 1.97. The Labute approximate surface area is 138 Å². The minimum atomic E-state index is -0.489. The molecule has 5 nitrogen and oxygen atoms in total. The Morgan fingerprint density at radius 1 is 1.17 bits per heavy atom. The van der Waals surface area contributed by atoms with Crippen molar-refractivity contribution in [3.63, 3.8) is 0 Å². The summed E-state index contributed by atoms with van der Waals surface area (Å²) in [5, 5.41) is 2.82. The largest absolute Gasteiger partial charge is 0.289 e. The summed E-state index contributed by atoms with van der Waals surface area (Å²) in [6, 6.07) is 12.9. The predicted molar refractivity (Wildman–Crippen MR) is 89.0 cm³/mol. The molecule has 2 rings (SSSR count). The third-order valence-corrected chi connectivity index (χ3v) is 3.76.